The lowest BCUT2D eigenvalue weighted by Crippen LogP contribution is -2.52. The van der Waals surface area contributed by atoms with Crippen LogP contribution in [0, 0.1) is 12.8 Å². The molecule has 3 rings (SSSR count). The Morgan fingerprint density at radius 3 is 2.48 bits per heavy atom. The molecule has 1 aromatic rings. The van der Waals surface area contributed by atoms with Crippen LogP contribution in [0.25, 0.3) is 0 Å². The maximum Gasteiger partial charge on any atom is 0.123 e. The second kappa shape index (κ2) is 7.84. The zero-order chi connectivity index (χ0) is 16.0. The van der Waals surface area contributed by atoms with Crippen molar-refractivity contribution in [3.8, 4) is 5.75 Å². The third-order valence-corrected chi connectivity index (χ3v) is 4.42. The average molecular weight is 291 g/mol. The molecule has 2 unspecified atom stereocenters. The Morgan fingerprint density at radius 2 is 1.86 bits per heavy atom. The van der Waals surface area contributed by atoms with Crippen molar-refractivity contribution in [3.05, 3.63) is 29.3 Å². The van der Waals surface area contributed by atoms with Crippen LogP contribution >= 0.6 is 0 Å². The molecule has 2 nitrogen and oxygen atoms in total. The van der Waals surface area contributed by atoms with Gasteiger partial charge < -0.3 is 9.64 Å². The molecule has 2 heterocycles. The van der Waals surface area contributed by atoms with Crippen LogP contribution in [0.1, 0.15) is 52.2 Å². The van der Waals surface area contributed by atoms with Crippen molar-refractivity contribution in [1.29, 1.82) is 0 Å². The van der Waals surface area contributed by atoms with Gasteiger partial charge in [0.05, 0.1) is 0 Å². The fourth-order valence-corrected chi connectivity index (χ4v) is 3.29. The van der Waals surface area contributed by atoms with Gasteiger partial charge in [-0.2, -0.15) is 0 Å². The third-order valence-electron chi connectivity index (χ3n) is 4.42. The summed E-state index contributed by atoms with van der Waals surface area (Å²) in [7, 11) is 2.20. The van der Waals surface area contributed by atoms with E-state index in [2.05, 4.69) is 44.0 Å². The number of hydrogen-bond acceptors (Lipinski definition) is 2. The molecule has 0 aromatic heterocycles. The van der Waals surface area contributed by atoms with Gasteiger partial charge in [0, 0.05) is 31.8 Å². The molecule has 120 valence electrons. The molecule has 0 saturated carbocycles. The summed E-state index contributed by atoms with van der Waals surface area (Å²) in [5.74, 6) is 1.72. The topological polar surface area (TPSA) is 12.5 Å². The maximum atomic E-state index is 6.32. The van der Waals surface area contributed by atoms with Crippen molar-refractivity contribution in [2.75, 3.05) is 20.1 Å². The Balaban J connectivity index is 0.000000510. The van der Waals surface area contributed by atoms with Crippen LogP contribution in [0.2, 0.25) is 0 Å². The summed E-state index contributed by atoms with van der Waals surface area (Å²) in [4.78, 5) is 2.41. The third kappa shape index (κ3) is 3.79. The molecule has 2 aliphatic rings. The Hall–Kier alpha value is -1.02. The zero-order valence-electron chi connectivity index (χ0n) is 15.0. The minimum absolute atomic E-state index is 0.0721. The highest BCUT2D eigenvalue weighted by molar-refractivity contribution is 5.42. The molecule has 0 bridgehead atoms. The van der Waals surface area contributed by atoms with E-state index < -0.39 is 0 Å². The van der Waals surface area contributed by atoms with Crippen LogP contribution < -0.4 is 4.74 Å². The van der Waals surface area contributed by atoms with Gasteiger partial charge in [-0.25, -0.2) is 0 Å². The molecule has 1 aromatic carbocycles. The van der Waals surface area contributed by atoms with E-state index in [-0.39, 0.29) is 5.60 Å². The molecule has 21 heavy (non-hydrogen) atoms. The average Bonchev–Trinajstić information content (AvgIpc) is 2.87. The van der Waals surface area contributed by atoms with E-state index in [9.17, 15) is 0 Å². The fraction of sp³-hybridized carbons (Fsp3) is 0.684. The minimum Gasteiger partial charge on any atom is -0.486 e. The van der Waals surface area contributed by atoms with E-state index in [0.717, 1.165) is 31.7 Å². The predicted octanol–water partition coefficient (Wildman–Crippen LogP) is 4.69. The van der Waals surface area contributed by atoms with E-state index >= 15 is 0 Å². The van der Waals surface area contributed by atoms with Gasteiger partial charge >= 0.3 is 0 Å². The van der Waals surface area contributed by atoms with Crippen LogP contribution in [-0.4, -0.2) is 30.6 Å². The summed E-state index contributed by atoms with van der Waals surface area (Å²) in [5.41, 5.74) is 2.81. The van der Waals surface area contributed by atoms with E-state index in [1.54, 1.807) is 0 Å². The van der Waals surface area contributed by atoms with Gasteiger partial charge in [-0.1, -0.05) is 52.3 Å². The Kier molecular flexibility index (Phi) is 6.73. The molecule has 0 radical (unpaired) electrons. The Bertz CT molecular complexity index is 443. The predicted molar refractivity (Wildman–Crippen MR) is 92.2 cm³/mol. The van der Waals surface area contributed by atoms with Crippen molar-refractivity contribution in [3.63, 3.8) is 0 Å². The number of ether oxygens (including phenoxy) is 1. The molecule has 0 aliphatic carbocycles. The maximum absolute atomic E-state index is 6.32. The summed E-state index contributed by atoms with van der Waals surface area (Å²) in [6.07, 6.45) is 2.25. The van der Waals surface area contributed by atoms with Crippen LogP contribution in [0.5, 0.6) is 5.75 Å². The molecule has 0 N–H and O–H groups in total. The summed E-state index contributed by atoms with van der Waals surface area (Å²) >= 11 is 0. The molecule has 1 fully saturated rings. The van der Waals surface area contributed by atoms with Gasteiger partial charge in [0.15, 0.2) is 0 Å². The summed E-state index contributed by atoms with van der Waals surface area (Å²) in [6.45, 7) is 14.8. The first-order chi connectivity index (χ1) is 10.1. The van der Waals surface area contributed by atoms with E-state index in [4.69, 9.17) is 4.74 Å². The smallest absolute Gasteiger partial charge is 0.123 e. The number of likely N-dealkylation sites (tertiary alicyclic amines) is 1. The van der Waals surface area contributed by atoms with Gasteiger partial charge in [-0.3, -0.25) is 0 Å². The molecule has 0 amide bonds. The van der Waals surface area contributed by atoms with Gasteiger partial charge in [0.1, 0.15) is 11.4 Å². The van der Waals surface area contributed by atoms with Crippen LogP contribution in [-0.2, 0) is 6.42 Å². The molecular formula is C19H33NO. The lowest BCUT2D eigenvalue weighted by molar-refractivity contribution is -0.0212. The number of piperidine rings is 1. The fourth-order valence-electron chi connectivity index (χ4n) is 3.29. The summed E-state index contributed by atoms with van der Waals surface area (Å²) in [5, 5.41) is 0. The van der Waals surface area contributed by atoms with E-state index in [1.165, 1.54) is 11.1 Å². The van der Waals surface area contributed by atoms with Crippen LogP contribution in [0.4, 0.5) is 0 Å². The minimum atomic E-state index is 0.0721. The quantitative estimate of drug-likeness (QED) is 0.687. The molecule has 2 atom stereocenters. The first-order valence-corrected chi connectivity index (χ1v) is 8.56. The molecular weight excluding hydrogens is 258 g/mol. The van der Waals surface area contributed by atoms with Gasteiger partial charge in [0.25, 0.3) is 0 Å². The summed E-state index contributed by atoms with van der Waals surface area (Å²) < 4.78 is 6.32. The second-order valence-corrected chi connectivity index (χ2v) is 5.87. The normalized spacial score (nSPS) is 26.9. The highest BCUT2D eigenvalue weighted by Crippen LogP contribution is 2.43. The number of rotatable bonds is 0. The first kappa shape index (κ1) is 18.0. The molecule has 1 saturated heterocycles. The van der Waals surface area contributed by atoms with Crippen LogP contribution in [0.3, 0.4) is 0 Å². The van der Waals surface area contributed by atoms with Gasteiger partial charge in [0.2, 0.25) is 0 Å². The largest absolute Gasteiger partial charge is 0.486 e. The second-order valence-electron chi connectivity index (χ2n) is 5.87. The number of benzene rings is 1. The zero-order valence-corrected chi connectivity index (χ0v) is 15.0. The molecule has 2 aliphatic heterocycles. The van der Waals surface area contributed by atoms with Crippen molar-refractivity contribution < 1.29 is 4.74 Å². The highest BCUT2D eigenvalue weighted by Gasteiger charge is 2.46. The lowest BCUT2D eigenvalue weighted by Gasteiger charge is -2.42. The monoisotopic (exact) mass is 291 g/mol. The number of nitrogens with zero attached hydrogens (tertiary/aromatic N) is 1. The Labute approximate surface area is 131 Å². The molecule has 1 spiro atoms. The van der Waals surface area contributed by atoms with Crippen molar-refractivity contribution >= 4 is 0 Å². The van der Waals surface area contributed by atoms with Crippen molar-refractivity contribution in [2.24, 2.45) is 5.92 Å². The Morgan fingerprint density at radius 1 is 1.19 bits per heavy atom. The van der Waals surface area contributed by atoms with Gasteiger partial charge in [-0.15, -0.1) is 0 Å². The van der Waals surface area contributed by atoms with E-state index in [0.29, 0.717) is 5.92 Å². The number of fused-ring (bicyclic) bond motifs is 1. The van der Waals surface area contributed by atoms with Crippen molar-refractivity contribution in [1.82, 2.24) is 4.90 Å². The van der Waals surface area contributed by atoms with Crippen molar-refractivity contribution in [2.45, 2.75) is 60.0 Å². The highest BCUT2D eigenvalue weighted by atomic mass is 16.5. The lowest BCUT2D eigenvalue weighted by atomic mass is 9.79. The first-order valence-electron chi connectivity index (χ1n) is 8.56. The summed E-state index contributed by atoms with van der Waals surface area (Å²) in [6, 6.07) is 6.58. The standard InChI is InChI=1S/C15H21NO.2C2H6/c1-11-4-5-14-13(8-11)9-15(17-14)6-7-16(3)10-12(15)2;2*1-2/h4-5,8,12H,6-7,9-10H2,1-3H3;2*1-2H3. The SMILES string of the molecule is CC.CC.Cc1ccc2c(c1)CC1(CCN(C)CC1C)O2. The van der Waals surface area contributed by atoms with E-state index in [1.807, 2.05) is 27.7 Å². The molecule has 2 heteroatoms. The van der Waals surface area contributed by atoms with Crippen LogP contribution in [0.15, 0.2) is 18.2 Å². The number of aryl methyl sites for hydroxylation is 1. The van der Waals surface area contributed by atoms with Gasteiger partial charge in [-0.05, 0) is 25.6 Å². The number of hydrogen-bond donors (Lipinski definition) is 0.